The molecule has 94 heavy (non-hydrogen) atoms. The molecule has 0 aliphatic rings. The Morgan fingerprint density at radius 2 is 0.468 bits per heavy atom. The van der Waals surface area contributed by atoms with Crippen molar-refractivity contribution in [2.45, 2.75) is 0 Å². The van der Waals surface area contributed by atoms with Gasteiger partial charge in [0, 0.05) is 0 Å². The van der Waals surface area contributed by atoms with Gasteiger partial charge in [-0.1, -0.05) is 72.8 Å². The molecule has 18 rings (SSSR count). The maximum atomic E-state index is 5.12. The van der Waals surface area contributed by atoms with Gasteiger partial charge in [0.05, 0.1) is 0 Å². The molecule has 0 spiro atoms. The van der Waals surface area contributed by atoms with Crippen molar-refractivity contribution in [3.8, 4) is 113 Å². The van der Waals surface area contributed by atoms with Crippen LogP contribution < -0.4 is 0 Å². The van der Waals surface area contributed by atoms with E-state index in [1.165, 1.54) is 88.3 Å². The molecule has 0 saturated carbocycles. The van der Waals surface area contributed by atoms with Crippen molar-refractivity contribution >= 4 is 89.1 Å². The third kappa shape index (κ3) is 10.6. The Bertz CT molecular complexity index is 5780. The van der Waals surface area contributed by atoms with Crippen LogP contribution in [0.4, 0.5) is 0 Å². The van der Waals surface area contributed by atoms with Gasteiger partial charge in [-0.15, -0.1) is 0 Å². The van der Waals surface area contributed by atoms with Gasteiger partial charge in [0.15, 0.2) is 0 Å². The molecule has 0 saturated heterocycles. The van der Waals surface area contributed by atoms with Crippen LogP contribution in [0.1, 0.15) is 0 Å². The molecule has 440 valence electrons. The summed E-state index contributed by atoms with van der Waals surface area (Å²) in [6.45, 7) is 0. The number of aromatic nitrogens is 6. The number of benzene rings is 14. The van der Waals surface area contributed by atoms with Crippen LogP contribution in [0, 0.1) is 0 Å². The quantitative estimate of drug-likeness (QED) is 0.127. The van der Waals surface area contributed by atoms with Crippen molar-refractivity contribution in [2.24, 2.45) is 0 Å². The molecular formula is C86H54N6Se2. The van der Waals surface area contributed by atoms with Gasteiger partial charge in [-0.3, -0.25) is 0 Å². The van der Waals surface area contributed by atoms with E-state index in [0.29, 0.717) is 34.9 Å². The van der Waals surface area contributed by atoms with Gasteiger partial charge in [-0.05, 0) is 11.1 Å². The van der Waals surface area contributed by atoms with Crippen LogP contribution in [0.25, 0.3) is 173 Å². The Morgan fingerprint density at radius 1 is 0.160 bits per heavy atom. The van der Waals surface area contributed by atoms with Crippen LogP contribution in [-0.4, -0.2) is 58.9 Å². The van der Waals surface area contributed by atoms with E-state index in [0.717, 1.165) is 49.7 Å². The fraction of sp³-hybridized carbons (Fsp3) is 0. The average Bonchev–Trinajstić information content (AvgIpc) is 1.54. The Morgan fingerprint density at radius 3 is 0.989 bits per heavy atom. The molecule has 0 bridgehead atoms. The van der Waals surface area contributed by atoms with Crippen LogP contribution in [0.2, 0.25) is 0 Å². The Balaban J connectivity index is 0.000000143. The summed E-state index contributed by atoms with van der Waals surface area (Å²) in [5.74, 6) is 3.97. The molecule has 0 amide bonds. The fourth-order valence-electron chi connectivity index (χ4n) is 13.0. The molecule has 0 unspecified atom stereocenters. The zero-order valence-electron chi connectivity index (χ0n) is 50.7. The van der Waals surface area contributed by atoms with E-state index >= 15 is 0 Å². The molecule has 0 radical (unpaired) electrons. The normalized spacial score (nSPS) is 11.4. The fourth-order valence-corrected chi connectivity index (χ4v) is 18.3. The molecule has 18 aromatic rings. The summed E-state index contributed by atoms with van der Waals surface area (Å²) in [4.78, 5) is 30.2. The summed E-state index contributed by atoms with van der Waals surface area (Å²) < 4.78 is 5.79. The third-order valence-corrected chi connectivity index (χ3v) is 22.6. The summed E-state index contributed by atoms with van der Waals surface area (Å²) in [6.07, 6.45) is 0. The van der Waals surface area contributed by atoms with E-state index in [2.05, 4.69) is 243 Å². The number of rotatable bonds is 10. The zero-order valence-corrected chi connectivity index (χ0v) is 54.1. The first-order chi connectivity index (χ1) is 46.6. The second kappa shape index (κ2) is 24.7. The van der Waals surface area contributed by atoms with E-state index in [1.807, 2.05) is 84.9 Å². The van der Waals surface area contributed by atoms with Crippen LogP contribution in [0.5, 0.6) is 0 Å². The first-order valence-corrected chi connectivity index (χ1v) is 34.8. The molecule has 4 heterocycles. The number of hydrogen-bond acceptors (Lipinski definition) is 6. The topological polar surface area (TPSA) is 77.3 Å². The zero-order chi connectivity index (χ0) is 62.3. The van der Waals surface area contributed by atoms with Crippen molar-refractivity contribution in [3.05, 3.63) is 328 Å². The monoisotopic (exact) mass is 1330 g/mol. The number of hydrogen-bond donors (Lipinski definition) is 0. The van der Waals surface area contributed by atoms with Crippen molar-refractivity contribution in [3.63, 3.8) is 0 Å². The smallest absolute Gasteiger partial charge is 0.0615 e. The number of fused-ring (bicyclic) bond motifs is 8. The van der Waals surface area contributed by atoms with Gasteiger partial charge < -0.3 is 0 Å². The minimum Gasteiger partial charge on any atom is -0.0615 e. The van der Waals surface area contributed by atoms with E-state index in [1.54, 1.807) is 0 Å². The predicted octanol–water partition coefficient (Wildman–Crippen LogP) is 21.4. The van der Waals surface area contributed by atoms with Gasteiger partial charge in [-0.25, -0.2) is 0 Å². The van der Waals surface area contributed by atoms with Crippen LogP contribution >= 0.6 is 0 Å². The summed E-state index contributed by atoms with van der Waals surface area (Å²) in [6, 6.07) is 116. The van der Waals surface area contributed by atoms with E-state index in [9.17, 15) is 0 Å². The van der Waals surface area contributed by atoms with E-state index in [-0.39, 0.29) is 29.0 Å². The molecule has 0 N–H and O–H groups in total. The van der Waals surface area contributed by atoms with Gasteiger partial charge in [-0.2, -0.15) is 0 Å². The molecule has 14 aromatic carbocycles. The van der Waals surface area contributed by atoms with Crippen LogP contribution in [0.15, 0.2) is 328 Å². The number of nitrogens with zero attached hydrogens (tertiary/aromatic N) is 6. The van der Waals surface area contributed by atoms with Gasteiger partial charge in [0.1, 0.15) is 0 Å². The maximum absolute atomic E-state index is 5.12. The molecule has 6 nitrogen and oxygen atoms in total. The van der Waals surface area contributed by atoms with Crippen molar-refractivity contribution < 1.29 is 0 Å². The van der Waals surface area contributed by atoms with Crippen LogP contribution in [-0.2, 0) is 0 Å². The third-order valence-electron chi connectivity index (χ3n) is 17.5. The molecule has 8 heteroatoms. The second-order valence-corrected chi connectivity index (χ2v) is 27.6. The van der Waals surface area contributed by atoms with Gasteiger partial charge in [0.25, 0.3) is 0 Å². The first-order valence-electron chi connectivity index (χ1n) is 31.4. The van der Waals surface area contributed by atoms with E-state index in [4.69, 9.17) is 29.9 Å². The molecule has 0 aliphatic heterocycles. The van der Waals surface area contributed by atoms with Crippen molar-refractivity contribution in [1.29, 1.82) is 0 Å². The Kier molecular flexibility index (Phi) is 14.9. The summed E-state index contributed by atoms with van der Waals surface area (Å²) in [5, 5.41) is 10.1. The summed E-state index contributed by atoms with van der Waals surface area (Å²) in [5.41, 5.74) is 15.8. The Labute approximate surface area is 555 Å². The minimum absolute atomic E-state index is 0.218. The SMILES string of the molecule is c1ccc(-c2ccc(-c3nc(-c4ccccc4)nc(-c4ccc(-c5cccc6c5[se]c5ccccc56)c5ccccc45)n3)cc2)cc1.c1ccc(-c2nc(-c3ccccc3)nc(-c3ccc(-c4cccc5[se]c6c(-c7ccccc7)cccc6c45)c4ccccc34)n2)cc1. The standard InChI is InChI=1S/2C43H27N3Se/c1-4-14-28(15-5-1)31-22-12-24-37-39-35(23-13-25-38(39)47-40(31)37)34-26-27-36(33-21-11-10-20-32(33)34)43-45-41(29-16-6-2-7-17-29)44-42(46-43)30-18-8-3-9-19-30;1-3-12-28(13-4-1)29-22-24-31(25-23-29)42-44-41(30-14-5-2-6-15-30)45-43(46-42)38-27-26-34(32-16-7-8-17-33(32)38)36-19-11-20-37-35-18-9-10-21-39(35)47-40(36)37/h2*1-27H. The summed E-state index contributed by atoms with van der Waals surface area (Å²) in [7, 11) is 0. The van der Waals surface area contributed by atoms with Gasteiger partial charge >= 0.3 is 476 Å². The molecule has 0 fully saturated rings. The Hall–Kier alpha value is -11.3. The predicted molar refractivity (Wildman–Crippen MR) is 393 cm³/mol. The molecule has 4 aromatic heterocycles. The van der Waals surface area contributed by atoms with Crippen molar-refractivity contribution in [1.82, 2.24) is 29.9 Å². The van der Waals surface area contributed by atoms with Crippen molar-refractivity contribution in [2.75, 3.05) is 0 Å². The first kappa shape index (κ1) is 56.6. The average molecular weight is 1330 g/mol. The molecular weight excluding hydrogens is 1270 g/mol. The van der Waals surface area contributed by atoms with Crippen LogP contribution in [0.3, 0.4) is 0 Å². The molecule has 0 atom stereocenters. The van der Waals surface area contributed by atoms with Gasteiger partial charge in [0.2, 0.25) is 0 Å². The minimum atomic E-state index is 0.218. The molecule has 0 aliphatic carbocycles. The summed E-state index contributed by atoms with van der Waals surface area (Å²) >= 11 is 0.474. The van der Waals surface area contributed by atoms with E-state index < -0.39 is 0 Å². The second-order valence-electron chi connectivity index (χ2n) is 23.2.